The lowest BCUT2D eigenvalue weighted by Crippen LogP contribution is -2.24. The van der Waals surface area contributed by atoms with E-state index < -0.39 is 0 Å². The van der Waals surface area contributed by atoms with Crippen LogP contribution in [0.3, 0.4) is 0 Å². The minimum Gasteiger partial charge on any atom is -0.352 e. The van der Waals surface area contributed by atoms with Gasteiger partial charge in [-0.25, -0.2) is 0 Å². The molecule has 4 nitrogen and oxygen atoms in total. The van der Waals surface area contributed by atoms with E-state index in [-0.39, 0.29) is 11.5 Å². The Bertz CT molecular complexity index is 371. The van der Waals surface area contributed by atoms with Crippen molar-refractivity contribution in [3.8, 4) is 0 Å². The van der Waals surface area contributed by atoms with Gasteiger partial charge in [0, 0.05) is 12.7 Å². The number of carbonyl (C=O) groups is 2. The third-order valence-corrected chi connectivity index (χ3v) is 1.72. The summed E-state index contributed by atoms with van der Waals surface area (Å²) in [6.45, 7) is 2.29. The fraction of sp³-hybridized carbons (Fsp3) is 0.182. The van der Waals surface area contributed by atoms with Crippen molar-refractivity contribution >= 4 is 18.3 Å². The standard InChI is InChI=1S/C11H12N2O2/c1-2-12-11(15)9(8-14)7-10-5-3-4-6-13-10/h3-8H,2H2,1H3,(H,12,15)/b9-7+. The molecule has 1 aromatic heterocycles. The van der Waals surface area contributed by atoms with Crippen molar-refractivity contribution in [2.75, 3.05) is 6.54 Å². The maximum atomic E-state index is 11.3. The first kappa shape index (κ1) is 11.1. The highest BCUT2D eigenvalue weighted by molar-refractivity contribution is 6.14. The van der Waals surface area contributed by atoms with Crippen LogP contribution in [0.5, 0.6) is 0 Å². The summed E-state index contributed by atoms with van der Waals surface area (Å²) in [5, 5.41) is 2.55. The van der Waals surface area contributed by atoms with Crippen LogP contribution in [0.1, 0.15) is 12.6 Å². The molecule has 4 heteroatoms. The largest absolute Gasteiger partial charge is 0.352 e. The molecule has 0 aliphatic rings. The Hall–Kier alpha value is -1.97. The average molecular weight is 204 g/mol. The molecule has 0 aliphatic carbocycles. The molecule has 1 N–H and O–H groups in total. The molecule has 78 valence electrons. The summed E-state index contributed by atoms with van der Waals surface area (Å²) in [5.41, 5.74) is 0.668. The van der Waals surface area contributed by atoms with Gasteiger partial charge in [-0.1, -0.05) is 6.07 Å². The summed E-state index contributed by atoms with van der Waals surface area (Å²) in [4.78, 5) is 26.0. The Morgan fingerprint density at radius 2 is 2.33 bits per heavy atom. The molecule has 0 unspecified atom stereocenters. The van der Waals surface area contributed by atoms with Crippen LogP contribution in [0.2, 0.25) is 0 Å². The highest BCUT2D eigenvalue weighted by Gasteiger charge is 2.06. The van der Waals surface area contributed by atoms with E-state index in [1.807, 2.05) is 0 Å². The fourth-order valence-corrected chi connectivity index (χ4v) is 1.04. The van der Waals surface area contributed by atoms with Gasteiger partial charge in [-0.3, -0.25) is 14.6 Å². The van der Waals surface area contributed by atoms with Crippen molar-refractivity contribution < 1.29 is 9.59 Å². The SMILES string of the molecule is CCNC(=O)/C(C=O)=C/c1ccccn1. The van der Waals surface area contributed by atoms with Crippen molar-refractivity contribution in [3.05, 3.63) is 35.7 Å². The van der Waals surface area contributed by atoms with Crippen LogP contribution in [0.25, 0.3) is 6.08 Å². The van der Waals surface area contributed by atoms with E-state index in [1.165, 1.54) is 6.08 Å². The zero-order valence-corrected chi connectivity index (χ0v) is 8.43. The Morgan fingerprint density at radius 1 is 1.53 bits per heavy atom. The van der Waals surface area contributed by atoms with Crippen molar-refractivity contribution in [2.24, 2.45) is 0 Å². The Balaban J connectivity index is 2.87. The number of likely N-dealkylation sites (N-methyl/N-ethyl adjacent to an activating group) is 1. The Labute approximate surface area is 88.0 Å². The number of nitrogens with one attached hydrogen (secondary N) is 1. The van der Waals surface area contributed by atoms with Crippen LogP contribution >= 0.6 is 0 Å². The molecule has 0 saturated carbocycles. The quantitative estimate of drug-likeness (QED) is 0.341. The number of aromatic nitrogens is 1. The van der Waals surface area contributed by atoms with Gasteiger partial charge in [0.1, 0.15) is 0 Å². The molecule has 0 aliphatic heterocycles. The van der Waals surface area contributed by atoms with Crippen LogP contribution in [-0.2, 0) is 9.59 Å². The minimum atomic E-state index is -0.377. The highest BCUT2D eigenvalue weighted by atomic mass is 16.2. The second-order valence-electron chi connectivity index (χ2n) is 2.83. The van der Waals surface area contributed by atoms with Crippen LogP contribution in [-0.4, -0.2) is 23.7 Å². The number of rotatable bonds is 4. The van der Waals surface area contributed by atoms with Gasteiger partial charge in [0.25, 0.3) is 5.91 Å². The molecule has 15 heavy (non-hydrogen) atoms. The number of hydrogen-bond donors (Lipinski definition) is 1. The molecule has 1 amide bonds. The van der Waals surface area contributed by atoms with Gasteiger partial charge in [-0.05, 0) is 25.1 Å². The van der Waals surface area contributed by atoms with Gasteiger partial charge < -0.3 is 5.32 Å². The Morgan fingerprint density at radius 3 is 2.87 bits per heavy atom. The van der Waals surface area contributed by atoms with Gasteiger partial charge >= 0.3 is 0 Å². The lowest BCUT2D eigenvalue weighted by atomic mass is 10.2. The van der Waals surface area contributed by atoms with Gasteiger partial charge in [0.2, 0.25) is 0 Å². The zero-order valence-electron chi connectivity index (χ0n) is 8.43. The third kappa shape index (κ3) is 3.34. The fourth-order valence-electron chi connectivity index (χ4n) is 1.04. The van der Waals surface area contributed by atoms with Crippen LogP contribution < -0.4 is 5.32 Å². The van der Waals surface area contributed by atoms with Crippen LogP contribution in [0.15, 0.2) is 30.0 Å². The van der Waals surface area contributed by atoms with Gasteiger partial charge in [-0.15, -0.1) is 0 Å². The second kappa shape index (κ2) is 5.70. The van der Waals surface area contributed by atoms with Gasteiger partial charge in [0.15, 0.2) is 6.29 Å². The van der Waals surface area contributed by atoms with Crippen molar-refractivity contribution in [1.82, 2.24) is 10.3 Å². The molecule has 0 bridgehead atoms. The summed E-state index contributed by atoms with van der Waals surface area (Å²) >= 11 is 0. The highest BCUT2D eigenvalue weighted by Crippen LogP contribution is 2.01. The third-order valence-electron chi connectivity index (χ3n) is 1.72. The zero-order chi connectivity index (χ0) is 11.1. The number of hydrogen-bond acceptors (Lipinski definition) is 3. The molecular weight excluding hydrogens is 192 g/mol. The molecule has 0 atom stereocenters. The summed E-state index contributed by atoms with van der Waals surface area (Å²) in [5.74, 6) is -0.377. The van der Waals surface area contributed by atoms with E-state index in [0.717, 1.165) is 0 Å². The first-order chi connectivity index (χ1) is 7.27. The van der Waals surface area contributed by atoms with Crippen molar-refractivity contribution in [2.45, 2.75) is 6.92 Å². The van der Waals surface area contributed by atoms with Crippen molar-refractivity contribution in [1.29, 1.82) is 0 Å². The Kier molecular flexibility index (Phi) is 4.22. The number of aldehydes is 1. The van der Waals surface area contributed by atoms with E-state index in [1.54, 1.807) is 31.3 Å². The number of nitrogens with zero attached hydrogens (tertiary/aromatic N) is 1. The maximum absolute atomic E-state index is 11.3. The molecule has 0 spiro atoms. The van der Waals surface area contributed by atoms with Gasteiger partial charge in [0.05, 0.1) is 11.3 Å². The summed E-state index contributed by atoms with van der Waals surface area (Å²) in [6.07, 6.45) is 3.59. The molecule has 1 aromatic rings. The van der Waals surface area contributed by atoms with E-state index >= 15 is 0 Å². The summed E-state index contributed by atoms with van der Waals surface area (Å²) in [6, 6.07) is 5.28. The number of pyridine rings is 1. The van der Waals surface area contributed by atoms with E-state index in [2.05, 4.69) is 10.3 Å². The molecule has 1 heterocycles. The molecule has 0 saturated heterocycles. The normalized spacial score (nSPS) is 10.9. The number of amides is 1. The van der Waals surface area contributed by atoms with Crippen LogP contribution in [0, 0.1) is 0 Å². The molecule has 0 fully saturated rings. The maximum Gasteiger partial charge on any atom is 0.254 e. The molecular formula is C11H12N2O2. The van der Waals surface area contributed by atoms with E-state index in [4.69, 9.17) is 0 Å². The first-order valence-corrected chi connectivity index (χ1v) is 4.64. The second-order valence-corrected chi connectivity index (χ2v) is 2.83. The molecule has 0 aromatic carbocycles. The smallest absolute Gasteiger partial charge is 0.254 e. The minimum absolute atomic E-state index is 0.0792. The predicted molar refractivity (Wildman–Crippen MR) is 57.0 cm³/mol. The predicted octanol–water partition coefficient (Wildman–Crippen LogP) is 0.800. The lowest BCUT2D eigenvalue weighted by molar-refractivity contribution is -0.119. The lowest BCUT2D eigenvalue weighted by Gasteiger charge is -2.00. The van der Waals surface area contributed by atoms with Gasteiger partial charge in [-0.2, -0.15) is 0 Å². The topological polar surface area (TPSA) is 59.1 Å². The summed E-state index contributed by atoms with van der Waals surface area (Å²) < 4.78 is 0. The number of carbonyl (C=O) groups excluding carboxylic acids is 2. The summed E-state index contributed by atoms with van der Waals surface area (Å²) in [7, 11) is 0. The van der Waals surface area contributed by atoms with E-state index in [9.17, 15) is 9.59 Å². The monoisotopic (exact) mass is 204 g/mol. The van der Waals surface area contributed by atoms with Crippen LogP contribution in [0.4, 0.5) is 0 Å². The van der Waals surface area contributed by atoms with E-state index in [0.29, 0.717) is 18.5 Å². The molecule has 1 rings (SSSR count). The molecule has 0 radical (unpaired) electrons. The first-order valence-electron chi connectivity index (χ1n) is 4.64. The van der Waals surface area contributed by atoms with Crippen molar-refractivity contribution in [3.63, 3.8) is 0 Å². The average Bonchev–Trinajstić information content (AvgIpc) is 2.27.